The number of hydrogen-bond donors (Lipinski definition) is 2. The summed E-state index contributed by atoms with van der Waals surface area (Å²) in [6, 6.07) is 40.0. The Morgan fingerprint density at radius 2 is 0.729 bits per heavy atom. The van der Waals surface area contributed by atoms with E-state index in [1.807, 2.05) is 84.9 Å². The van der Waals surface area contributed by atoms with Gasteiger partial charge in [-0.05, 0) is 70.8 Å². The summed E-state index contributed by atoms with van der Waals surface area (Å²) < 4.78 is 0. The number of nitrogens with one attached hydrogen (secondary N) is 2. The number of hydrogen-bond acceptors (Lipinski definition) is 4. The highest BCUT2D eigenvalue weighted by atomic mass is 16.2. The zero-order valence-corrected chi connectivity index (χ0v) is 26.0. The van der Waals surface area contributed by atoms with Gasteiger partial charge in [0, 0.05) is 34.7 Å². The predicted molar refractivity (Wildman–Crippen MR) is 194 cm³/mol. The van der Waals surface area contributed by atoms with E-state index in [2.05, 4.69) is 10.6 Å². The molecule has 0 aliphatic rings. The maximum Gasteiger partial charge on any atom is 0.248 e. The van der Waals surface area contributed by atoms with Crippen LogP contribution in [0.5, 0.6) is 0 Å². The van der Waals surface area contributed by atoms with Gasteiger partial charge in [-0.3, -0.25) is 19.2 Å². The lowest BCUT2D eigenvalue weighted by atomic mass is 10.1. The van der Waals surface area contributed by atoms with Gasteiger partial charge in [-0.25, -0.2) is 0 Å². The molecule has 48 heavy (non-hydrogen) atoms. The summed E-state index contributed by atoms with van der Waals surface area (Å²) in [5.74, 6) is -0.989. The molecule has 0 saturated heterocycles. The Hall–Kier alpha value is -6.66. The molecule has 0 bridgehead atoms. The van der Waals surface area contributed by atoms with E-state index in [1.165, 1.54) is 24.3 Å². The standard InChI is InChI=1S/C42H32N2O4/c45-39(35-13-7-15-37(29-35)43-41(47)27-23-31-9-3-1-4-10-31)25-21-33-17-19-34(20-18-33)22-26-40(46)36-14-8-16-38(30-36)44-42(48)28-24-32-11-5-2-6-12-32/h1-30H,(H,43,47)(H,44,48)/b25-21+,26-22+,27-23+,28-24+. The summed E-state index contributed by atoms with van der Waals surface area (Å²) in [6.07, 6.45) is 12.7. The van der Waals surface area contributed by atoms with Crippen LogP contribution in [-0.4, -0.2) is 23.4 Å². The molecule has 0 aliphatic heterocycles. The second-order valence-corrected chi connectivity index (χ2v) is 10.7. The molecule has 0 radical (unpaired) electrons. The molecule has 0 heterocycles. The van der Waals surface area contributed by atoms with Gasteiger partial charge in [-0.1, -0.05) is 121 Å². The summed E-state index contributed by atoms with van der Waals surface area (Å²) in [7, 11) is 0. The van der Waals surface area contributed by atoms with E-state index < -0.39 is 0 Å². The highest BCUT2D eigenvalue weighted by molar-refractivity contribution is 6.09. The van der Waals surface area contributed by atoms with Crippen LogP contribution in [0.2, 0.25) is 0 Å². The van der Waals surface area contributed by atoms with E-state index in [1.54, 1.807) is 72.8 Å². The lowest BCUT2D eigenvalue weighted by molar-refractivity contribution is -0.112. The minimum atomic E-state index is -0.292. The summed E-state index contributed by atoms with van der Waals surface area (Å²) in [5, 5.41) is 5.57. The van der Waals surface area contributed by atoms with E-state index >= 15 is 0 Å². The lowest BCUT2D eigenvalue weighted by Gasteiger charge is -2.04. The first-order chi connectivity index (χ1) is 23.4. The van der Waals surface area contributed by atoms with Crippen molar-refractivity contribution >= 4 is 59.1 Å². The second kappa shape index (κ2) is 16.6. The molecular formula is C42H32N2O4. The van der Waals surface area contributed by atoms with Crippen molar-refractivity contribution in [3.05, 3.63) is 191 Å². The van der Waals surface area contributed by atoms with Crippen LogP contribution in [0.3, 0.4) is 0 Å². The minimum Gasteiger partial charge on any atom is -0.322 e. The lowest BCUT2D eigenvalue weighted by Crippen LogP contribution is -2.08. The molecule has 0 atom stereocenters. The van der Waals surface area contributed by atoms with Crippen LogP contribution in [0, 0.1) is 0 Å². The van der Waals surface area contributed by atoms with Crippen molar-refractivity contribution in [1.82, 2.24) is 0 Å². The maximum absolute atomic E-state index is 12.8. The van der Waals surface area contributed by atoms with Crippen molar-refractivity contribution in [2.75, 3.05) is 10.6 Å². The highest BCUT2D eigenvalue weighted by Gasteiger charge is 2.06. The van der Waals surface area contributed by atoms with E-state index in [-0.39, 0.29) is 23.4 Å². The number of allylic oxidation sites excluding steroid dienone is 2. The zero-order chi connectivity index (χ0) is 33.6. The van der Waals surface area contributed by atoms with Crippen molar-refractivity contribution in [2.45, 2.75) is 0 Å². The van der Waals surface area contributed by atoms with E-state index in [4.69, 9.17) is 0 Å². The smallest absolute Gasteiger partial charge is 0.248 e. The average Bonchev–Trinajstić information content (AvgIpc) is 3.12. The number of carbonyl (C=O) groups is 4. The van der Waals surface area contributed by atoms with Crippen LogP contribution < -0.4 is 10.6 Å². The second-order valence-electron chi connectivity index (χ2n) is 10.7. The predicted octanol–water partition coefficient (Wildman–Crippen LogP) is 8.78. The van der Waals surface area contributed by atoms with Crippen LogP contribution in [0.25, 0.3) is 24.3 Å². The summed E-state index contributed by atoms with van der Waals surface area (Å²) in [6.45, 7) is 0. The number of benzene rings is 5. The monoisotopic (exact) mass is 628 g/mol. The summed E-state index contributed by atoms with van der Waals surface area (Å²) in [4.78, 5) is 50.3. The molecule has 2 amide bonds. The zero-order valence-electron chi connectivity index (χ0n) is 26.0. The van der Waals surface area contributed by atoms with Gasteiger partial charge in [-0.2, -0.15) is 0 Å². The fourth-order valence-electron chi connectivity index (χ4n) is 4.59. The van der Waals surface area contributed by atoms with Gasteiger partial charge in [0.15, 0.2) is 11.6 Å². The molecule has 0 fully saturated rings. The first kappa shape index (κ1) is 32.7. The van der Waals surface area contributed by atoms with Crippen molar-refractivity contribution < 1.29 is 19.2 Å². The fraction of sp³-hybridized carbons (Fsp3) is 0. The molecule has 0 spiro atoms. The highest BCUT2D eigenvalue weighted by Crippen LogP contribution is 2.16. The Balaban J connectivity index is 1.13. The molecule has 5 aromatic rings. The van der Waals surface area contributed by atoms with Gasteiger partial charge < -0.3 is 10.6 Å². The SMILES string of the molecule is O=C(/C=C/c1ccccc1)Nc1cccc(C(=O)/C=C/c2ccc(/C=C/C(=O)c3cccc(NC(=O)/C=C/c4ccccc4)c3)cc2)c1. The molecule has 0 aromatic heterocycles. The van der Waals surface area contributed by atoms with Gasteiger partial charge >= 0.3 is 0 Å². The number of anilines is 2. The first-order valence-electron chi connectivity index (χ1n) is 15.2. The number of carbonyl (C=O) groups excluding carboxylic acids is 4. The van der Waals surface area contributed by atoms with Crippen molar-refractivity contribution in [3.63, 3.8) is 0 Å². The molecule has 5 rings (SSSR count). The van der Waals surface area contributed by atoms with Crippen molar-refractivity contribution in [2.24, 2.45) is 0 Å². The molecule has 2 N–H and O–H groups in total. The Morgan fingerprint density at radius 1 is 0.375 bits per heavy atom. The third-order valence-corrected chi connectivity index (χ3v) is 7.07. The van der Waals surface area contributed by atoms with Gasteiger partial charge in [0.2, 0.25) is 11.8 Å². The third-order valence-electron chi connectivity index (χ3n) is 7.07. The maximum atomic E-state index is 12.8. The third kappa shape index (κ3) is 10.2. The van der Waals surface area contributed by atoms with Crippen LogP contribution >= 0.6 is 0 Å². The molecule has 6 heteroatoms. The Labute approximate surface area is 279 Å². The van der Waals surface area contributed by atoms with Crippen LogP contribution in [-0.2, 0) is 9.59 Å². The largest absolute Gasteiger partial charge is 0.322 e. The number of amides is 2. The van der Waals surface area contributed by atoms with Gasteiger partial charge in [-0.15, -0.1) is 0 Å². The van der Waals surface area contributed by atoms with E-state index in [0.29, 0.717) is 22.5 Å². The molecule has 0 saturated carbocycles. The van der Waals surface area contributed by atoms with Gasteiger partial charge in [0.25, 0.3) is 0 Å². The van der Waals surface area contributed by atoms with Gasteiger partial charge in [0.05, 0.1) is 0 Å². The summed E-state index contributed by atoms with van der Waals surface area (Å²) >= 11 is 0. The molecular weight excluding hydrogens is 596 g/mol. The fourth-order valence-corrected chi connectivity index (χ4v) is 4.59. The van der Waals surface area contributed by atoms with Crippen LogP contribution in [0.15, 0.2) is 158 Å². The summed E-state index contributed by atoms with van der Waals surface area (Å²) in [5.41, 5.74) is 5.39. The van der Waals surface area contributed by atoms with Crippen molar-refractivity contribution in [3.8, 4) is 0 Å². The van der Waals surface area contributed by atoms with E-state index in [9.17, 15) is 19.2 Å². The van der Waals surface area contributed by atoms with Crippen LogP contribution in [0.4, 0.5) is 11.4 Å². The minimum absolute atomic E-state index is 0.203. The van der Waals surface area contributed by atoms with Crippen LogP contribution in [0.1, 0.15) is 43.0 Å². The molecule has 6 nitrogen and oxygen atoms in total. The Morgan fingerprint density at radius 3 is 1.12 bits per heavy atom. The van der Waals surface area contributed by atoms with Gasteiger partial charge in [0.1, 0.15) is 0 Å². The Kier molecular flexibility index (Phi) is 11.3. The molecule has 234 valence electrons. The molecule has 0 unspecified atom stereocenters. The normalized spacial score (nSPS) is 11.3. The number of ketones is 2. The Bertz CT molecular complexity index is 1880. The van der Waals surface area contributed by atoms with E-state index in [0.717, 1.165) is 22.3 Å². The quantitative estimate of drug-likeness (QED) is 0.107. The van der Waals surface area contributed by atoms with Crippen molar-refractivity contribution in [1.29, 1.82) is 0 Å². The number of rotatable bonds is 12. The first-order valence-corrected chi connectivity index (χ1v) is 15.2. The molecule has 5 aromatic carbocycles. The average molecular weight is 629 g/mol. The topological polar surface area (TPSA) is 92.3 Å². The molecule has 0 aliphatic carbocycles.